The Labute approximate surface area is 187 Å². The van der Waals surface area contributed by atoms with Crippen LogP contribution in [0.15, 0.2) is 72.1 Å². The summed E-state index contributed by atoms with van der Waals surface area (Å²) in [5.74, 6) is 0.0338. The van der Waals surface area contributed by atoms with Crippen LogP contribution in [-0.2, 0) is 4.79 Å². The van der Waals surface area contributed by atoms with E-state index < -0.39 is 0 Å². The third kappa shape index (κ3) is 5.33. The number of anilines is 2. The molecule has 1 aliphatic rings. The van der Waals surface area contributed by atoms with Crippen LogP contribution in [0.25, 0.3) is 0 Å². The maximum atomic E-state index is 12.7. The SMILES string of the molecule is CC(Nc1ccc(NC(=O)C2CCN(C(=O)c3cccs3)CC2)cc1)c1ccccc1. The minimum Gasteiger partial charge on any atom is -0.379 e. The van der Waals surface area contributed by atoms with E-state index in [1.54, 1.807) is 0 Å². The number of hydrogen-bond acceptors (Lipinski definition) is 4. The molecule has 2 aromatic carbocycles. The lowest BCUT2D eigenvalue weighted by atomic mass is 9.95. The maximum absolute atomic E-state index is 12.7. The Kier molecular flexibility index (Phi) is 6.67. The molecule has 3 aromatic rings. The maximum Gasteiger partial charge on any atom is 0.263 e. The highest BCUT2D eigenvalue weighted by Gasteiger charge is 2.28. The molecule has 0 saturated carbocycles. The average molecular weight is 434 g/mol. The number of hydrogen-bond donors (Lipinski definition) is 2. The van der Waals surface area contributed by atoms with E-state index >= 15 is 0 Å². The first kappa shape index (κ1) is 21.1. The summed E-state index contributed by atoms with van der Waals surface area (Å²) in [6.45, 7) is 3.37. The average Bonchev–Trinajstić information content (AvgIpc) is 3.35. The molecule has 2 heterocycles. The second-order valence-electron chi connectivity index (χ2n) is 7.89. The number of carbonyl (C=O) groups is 2. The molecule has 2 amide bonds. The lowest BCUT2D eigenvalue weighted by molar-refractivity contribution is -0.121. The van der Waals surface area contributed by atoms with E-state index in [9.17, 15) is 9.59 Å². The van der Waals surface area contributed by atoms with E-state index in [-0.39, 0.29) is 23.8 Å². The standard InChI is InChI=1S/C25H27N3O2S/c1-18(19-6-3-2-4-7-19)26-21-9-11-22(12-10-21)27-24(29)20-13-15-28(16-14-20)25(30)23-8-5-17-31-23/h2-12,17-18,20,26H,13-16H2,1H3,(H,27,29). The Hall–Kier alpha value is -3.12. The van der Waals surface area contributed by atoms with Crippen molar-refractivity contribution in [1.82, 2.24) is 4.90 Å². The number of piperidine rings is 1. The van der Waals surface area contributed by atoms with Crippen molar-refractivity contribution in [2.24, 2.45) is 5.92 Å². The molecule has 6 heteroatoms. The molecular weight excluding hydrogens is 406 g/mol. The van der Waals surface area contributed by atoms with Gasteiger partial charge in [0, 0.05) is 36.4 Å². The molecule has 31 heavy (non-hydrogen) atoms. The Morgan fingerprint density at radius 2 is 1.61 bits per heavy atom. The number of amides is 2. The minimum atomic E-state index is -0.0664. The predicted octanol–water partition coefficient (Wildman–Crippen LogP) is 5.41. The van der Waals surface area contributed by atoms with Gasteiger partial charge in [-0.05, 0) is 61.0 Å². The van der Waals surface area contributed by atoms with Crippen molar-refractivity contribution in [1.29, 1.82) is 0 Å². The van der Waals surface area contributed by atoms with Gasteiger partial charge in [0.25, 0.3) is 5.91 Å². The molecule has 2 N–H and O–H groups in total. The fourth-order valence-electron chi connectivity index (χ4n) is 3.87. The van der Waals surface area contributed by atoms with Crippen LogP contribution >= 0.6 is 11.3 Å². The van der Waals surface area contributed by atoms with Crippen LogP contribution in [0.1, 0.15) is 41.0 Å². The van der Waals surface area contributed by atoms with Crippen LogP contribution in [-0.4, -0.2) is 29.8 Å². The van der Waals surface area contributed by atoms with Gasteiger partial charge in [-0.15, -0.1) is 11.3 Å². The van der Waals surface area contributed by atoms with E-state index in [0.29, 0.717) is 25.9 Å². The molecule has 1 unspecified atom stereocenters. The Balaban J connectivity index is 1.27. The molecule has 1 aliphatic heterocycles. The van der Waals surface area contributed by atoms with Gasteiger partial charge in [0.15, 0.2) is 0 Å². The summed E-state index contributed by atoms with van der Waals surface area (Å²) in [5.41, 5.74) is 3.03. The third-order valence-electron chi connectivity index (χ3n) is 5.72. The molecule has 5 nitrogen and oxygen atoms in total. The molecule has 0 bridgehead atoms. The monoisotopic (exact) mass is 433 g/mol. The van der Waals surface area contributed by atoms with Crippen LogP contribution in [0, 0.1) is 5.92 Å². The molecule has 1 atom stereocenters. The van der Waals surface area contributed by atoms with E-state index in [2.05, 4.69) is 29.7 Å². The minimum absolute atomic E-state index is 0.0292. The van der Waals surface area contributed by atoms with Crippen LogP contribution in [0.5, 0.6) is 0 Å². The zero-order valence-corrected chi connectivity index (χ0v) is 18.4. The van der Waals surface area contributed by atoms with Gasteiger partial charge in [0.2, 0.25) is 5.91 Å². The van der Waals surface area contributed by atoms with Gasteiger partial charge in [-0.25, -0.2) is 0 Å². The topological polar surface area (TPSA) is 61.4 Å². The van der Waals surface area contributed by atoms with Gasteiger partial charge in [0.05, 0.1) is 4.88 Å². The number of thiophene rings is 1. The number of nitrogens with zero attached hydrogens (tertiary/aromatic N) is 1. The molecule has 0 aliphatic carbocycles. The number of rotatable bonds is 6. The van der Waals surface area contributed by atoms with Gasteiger partial charge in [0.1, 0.15) is 0 Å². The zero-order chi connectivity index (χ0) is 21.6. The number of carbonyl (C=O) groups excluding carboxylic acids is 2. The quantitative estimate of drug-likeness (QED) is 0.546. The summed E-state index contributed by atoms with van der Waals surface area (Å²) >= 11 is 1.46. The zero-order valence-electron chi connectivity index (χ0n) is 17.6. The largest absolute Gasteiger partial charge is 0.379 e. The molecular formula is C25H27N3O2S. The lowest BCUT2D eigenvalue weighted by Gasteiger charge is -2.31. The van der Waals surface area contributed by atoms with Crippen LogP contribution in [0.2, 0.25) is 0 Å². The number of likely N-dealkylation sites (tertiary alicyclic amines) is 1. The van der Waals surface area contributed by atoms with Crippen LogP contribution < -0.4 is 10.6 Å². The summed E-state index contributed by atoms with van der Waals surface area (Å²) in [6.07, 6.45) is 1.38. The van der Waals surface area contributed by atoms with Crippen molar-refractivity contribution < 1.29 is 9.59 Å². The highest BCUT2D eigenvalue weighted by Crippen LogP contribution is 2.24. The first-order valence-electron chi connectivity index (χ1n) is 10.7. The molecule has 1 fully saturated rings. The van der Waals surface area contributed by atoms with Gasteiger partial charge in [-0.1, -0.05) is 36.4 Å². The van der Waals surface area contributed by atoms with E-state index in [1.165, 1.54) is 16.9 Å². The predicted molar refractivity (Wildman–Crippen MR) is 126 cm³/mol. The summed E-state index contributed by atoms with van der Waals surface area (Å²) in [6, 6.07) is 22.0. The van der Waals surface area contributed by atoms with E-state index in [1.807, 2.05) is 64.9 Å². The smallest absolute Gasteiger partial charge is 0.263 e. The summed E-state index contributed by atoms with van der Waals surface area (Å²) in [5, 5.41) is 8.42. The third-order valence-corrected chi connectivity index (χ3v) is 6.58. The van der Waals surface area contributed by atoms with Gasteiger partial charge in [-0.3, -0.25) is 9.59 Å². The van der Waals surface area contributed by atoms with Crippen molar-refractivity contribution in [3.05, 3.63) is 82.6 Å². The second-order valence-corrected chi connectivity index (χ2v) is 8.83. The fourth-order valence-corrected chi connectivity index (χ4v) is 4.56. The first-order chi connectivity index (χ1) is 15.1. The Morgan fingerprint density at radius 1 is 0.935 bits per heavy atom. The van der Waals surface area contributed by atoms with Crippen molar-refractivity contribution >= 4 is 34.5 Å². The van der Waals surface area contributed by atoms with Gasteiger partial charge < -0.3 is 15.5 Å². The molecule has 0 spiro atoms. The lowest BCUT2D eigenvalue weighted by Crippen LogP contribution is -2.41. The van der Waals surface area contributed by atoms with E-state index in [4.69, 9.17) is 0 Å². The van der Waals surface area contributed by atoms with Crippen LogP contribution in [0.3, 0.4) is 0 Å². The van der Waals surface area contributed by atoms with Gasteiger partial charge in [-0.2, -0.15) is 0 Å². The second kappa shape index (κ2) is 9.79. The fraction of sp³-hybridized carbons (Fsp3) is 0.280. The Morgan fingerprint density at radius 3 is 2.26 bits per heavy atom. The highest BCUT2D eigenvalue weighted by atomic mass is 32.1. The van der Waals surface area contributed by atoms with Gasteiger partial charge >= 0.3 is 0 Å². The molecule has 4 rings (SSSR count). The molecule has 1 saturated heterocycles. The normalized spacial score (nSPS) is 15.3. The van der Waals surface area contributed by atoms with E-state index in [0.717, 1.165) is 16.3 Å². The van der Waals surface area contributed by atoms with Crippen molar-refractivity contribution in [2.45, 2.75) is 25.8 Å². The summed E-state index contributed by atoms with van der Waals surface area (Å²) in [7, 11) is 0. The number of nitrogens with one attached hydrogen (secondary N) is 2. The molecule has 0 radical (unpaired) electrons. The first-order valence-corrected chi connectivity index (χ1v) is 11.5. The summed E-state index contributed by atoms with van der Waals surface area (Å²) < 4.78 is 0. The molecule has 160 valence electrons. The van der Waals surface area contributed by atoms with Crippen molar-refractivity contribution in [3.63, 3.8) is 0 Å². The van der Waals surface area contributed by atoms with Crippen molar-refractivity contribution in [2.75, 3.05) is 23.7 Å². The summed E-state index contributed by atoms with van der Waals surface area (Å²) in [4.78, 5) is 27.8. The molecule has 1 aromatic heterocycles. The van der Waals surface area contributed by atoms with Crippen molar-refractivity contribution in [3.8, 4) is 0 Å². The highest BCUT2D eigenvalue weighted by molar-refractivity contribution is 7.12. The van der Waals surface area contributed by atoms with Crippen LogP contribution in [0.4, 0.5) is 11.4 Å². The Bertz CT molecular complexity index is 995. The number of benzene rings is 2.